The summed E-state index contributed by atoms with van der Waals surface area (Å²) >= 11 is -5.15. The standard InChI is InChI=1S/2C28H29.C2H7Si.2ClH.Zr/c2*1-2-28(15-6-3-7-16-28)20-21-17-24-11-8-12-26(27(24)18-21)25-14-13-22-9-4-5-10-23(22)19-25;1-3-2;;;/h2*4-5,8-14,17-19H,2-3,6-7,15-16,20H2,1H3;3H,1-2H3;2*1H;/q;;;;;+2/p-2. The molecule has 0 spiro atoms. The molecule has 319 valence electrons. The molecule has 0 bridgehead atoms. The summed E-state index contributed by atoms with van der Waals surface area (Å²) in [6.07, 6.45) is 23.2. The van der Waals surface area contributed by atoms with E-state index in [1.165, 1.54) is 143 Å². The first-order chi connectivity index (χ1) is 30.0. The van der Waals surface area contributed by atoms with Crippen LogP contribution in [0.4, 0.5) is 0 Å². The molecule has 0 aromatic heterocycles. The van der Waals surface area contributed by atoms with E-state index in [1.807, 2.05) is 0 Å². The Morgan fingerprint density at radius 1 is 0.500 bits per heavy atom. The van der Waals surface area contributed by atoms with E-state index in [0.717, 1.165) is 12.8 Å². The average Bonchev–Trinajstić information content (AvgIpc) is 3.88. The molecule has 62 heavy (non-hydrogen) atoms. The fourth-order valence-corrected chi connectivity index (χ4v) is 44.7. The van der Waals surface area contributed by atoms with Gasteiger partial charge in [-0.05, 0) is 0 Å². The molecule has 2 fully saturated rings. The van der Waals surface area contributed by atoms with Gasteiger partial charge < -0.3 is 0 Å². The van der Waals surface area contributed by atoms with Crippen LogP contribution in [0.3, 0.4) is 0 Å². The molecule has 4 heteroatoms. The van der Waals surface area contributed by atoms with Gasteiger partial charge in [0.2, 0.25) is 0 Å². The molecule has 0 N–H and O–H groups in total. The van der Waals surface area contributed by atoms with Crippen LogP contribution >= 0.6 is 17.0 Å². The summed E-state index contributed by atoms with van der Waals surface area (Å²) in [5.74, 6) is -1.78. The Hall–Kier alpha value is -3.00. The third kappa shape index (κ3) is 7.25. The molecule has 0 amide bonds. The van der Waals surface area contributed by atoms with Crippen LogP contribution in [-0.2, 0) is 15.6 Å². The Balaban J connectivity index is 1.20. The average molecular weight is 952 g/mol. The SMILES string of the molecule is CCC1(CC2=Cc3c(-c4ccc5ccccc5c4)cccc3[CH]2[Zr]([Cl])([Cl])([CH]2C(CC3(CC)CCCCC3)=Cc3c(-c4ccc5ccccc5c4)cccc32)[SiH](C)C)CCCCC1. The molecule has 2 saturated carbocycles. The maximum absolute atomic E-state index is 9.31. The topological polar surface area (TPSA) is 0 Å². The molecule has 10 rings (SSSR count). The maximum atomic E-state index is 9.31. The quantitative estimate of drug-likeness (QED) is 0.114. The number of hydrogen-bond donors (Lipinski definition) is 0. The zero-order valence-corrected chi connectivity index (χ0v) is 42.7. The first-order valence-corrected chi connectivity index (χ1v) is 40.6. The molecule has 4 aliphatic rings. The Morgan fingerprint density at radius 3 is 1.29 bits per heavy atom. The molecular formula is C58H65Cl2SiZr. The van der Waals surface area contributed by atoms with Crippen molar-refractivity contribution in [2.24, 2.45) is 10.8 Å². The van der Waals surface area contributed by atoms with Crippen molar-refractivity contribution in [2.45, 2.75) is 124 Å². The Kier molecular flexibility index (Phi) is 11.6. The van der Waals surface area contributed by atoms with Gasteiger partial charge in [-0.25, -0.2) is 0 Å². The van der Waals surface area contributed by atoms with Gasteiger partial charge in [0.05, 0.1) is 0 Å². The summed E-state index contributed by atoms with van der Waals surface area (Å²) in [5.41, 5.74) is 14.6. The van der Waals surface area contributed by atoms with Crippen LogP contribution in [-0.4, -0.2) is 5.92 Å². The number of fused-ring (bicyclic) bond motifs is 4. The monoisotopic (exact) mass is 949 g/mol. The van der Waals surface area contributed by atoms with Gasteiger partial charge in [0, 0.05) is 0 Å². The van der Waals surface area contributed by atoms with Crippen molar-refractivity contribution >= 4 is 56.6 Å². The van der Waals surface area contributed by atoms with Crippen molar-refractivity contribution < 1.29 is 15.6 Å². The van der Waals surface area contributed by atoms with E-state index in [-0.39, 0.29) is 7.25 Å². The predicted octanol–water partition coefficient (Wildman–Crippen LogP) is 18.4. The van der Waals surface area contributed by atoms with Crippen LogP contribution in [0.2, 0.25) is 13.1 Å². The van der Waals surface area contributed by atoms with E-state index in [9.17, 15) is 17.0 Å². The minimum absolute atomic E-state index is 0.0832. The molecule has 0 aliphatic heterocycles. The van der Waals surface area contributed by atoms with E-state index >= 15 is 0 Å². The van der Waals surface area contributed by atoms with Gasteiger partial charge in [-0.1, -0.05) is 0 Å². The van der Waals surface area contributed by atoms with Crippen LogP contribution in [0.1, 0.15) is 133 Å². The van der Waals surface area contributed by atoms with E-state index in [1.54, 1.807) is 11.1 Å². The molecule has 2 atom stereocenters. The van der Waals surface area contributed by atoms with Crippen molar-refractivity contribution in [2.75, 3.05) is 0 Å². The number of hydrogen-bond acceptors (Lipinski definition) is 0. The first kappa shape index (κ1) is 42.9. The van der Waals surface area contributed by atoms with E-state index in [2.05, 4.69) is 160 Å². The van der Waals surface area contributed by atoms with Crippen LogP contribution in [0.5, 0.6) is 0 Å². The van der Waals surface area contributed by atoms with E-state index < -0.39 is 21.5 Å². The normalized spacial score (nSPS) is 21.3. The number of allylic oxidation sites excluding steroid dienone is 2. The van der Waals surface area contributed by atoms with E-state index in [0.29, 0.717) is 10.8 Å². The molecule has 0 saturated heterocycles. The zero-order chi connectivity index (χ0) is 42.7. The van der Waals surface area contributed by atoms with Crippen LogP contribution in [0.25, 0.3) is 56.0 Å². The molecule has 4 aliphatic carbocycles. The van der Waals surface area contributed by atoms with Gasteiger partial charge in [0.1, 0.15) is 0 Å². The summed E-state index contributed by atoms with van der Waals surface area (Å²) in [4.78, 5) is 0. The number of rotatable bonds is 11. The molecule has 6 aromatic rings. The van der Waals surface area contributed by atoms with Gasteiger partial charge in [-0.3, -0.25) is 0 Å². The van der Waals surface area contributed by atoms with Gasteiger partial charge in [-0.15, -0.1) is 0 Å². The van der Waals surface area contributed by atoms with Crippen molar-refractivity contribution in [3.8, 4) is 22.3 Å². The van der Waals surface area contributed by atoms with Crippen molar-refractivity contribution in [1.82, 2.24) is 0 Å². The number of benzene rings is 6. The zero-order valence-electron chi connectivity index (χ0n) is 37.6. The van der Waals surface area contributed by atoms with Crippen molar-refractivity contribution in [3.63, 3.8) is 0 Å². The van der Waals surface area contributed by atoms with Crippen molar-refractivity contribution in [1.29, 1.82) is 0 Å². The van der Waals surface area contributed by atoms with Gasteiger partial charge in [0.15, 0.2) is 0 Å². The van der Waals surface area contributed by atoms with Gasteiger partial charge in [-0.2, -0.15) is 0 Å². The molecule has 6 aromatic carbocycles. The third-order valence-corrected chi connectivity index (χ3v) is 69.0. The fraction of sp³-hybridized carbons (Fsp3) is 0.379. The van der Waals surface area contributed by atoms with Crippen LogP contribution in [0, 0.1) is 10.8 Å². The molecule has 0 heterocycles. The summed E-state index contributed by atoms with van der Waals surface area (Å²) in [6.45, 7) is 10.0. The van der Waals surface area contributed by atoms with Gasteiger partial charge >= 0.3 is 384 Å². The molecular weight excluding hydrogens is 887 g/mol. The Bertz CT molecular complexity index is 2550. The number of halogens is 2. The molecule has 0 radical (unpaired) electrons. The van der Waals surface area contributed by atoms with Gasteiger partial charge in [0.25, 0.3) is 0 Å². The fourth-order valence-electron chi connectivity index (χ4n) is 13.4. The summed E-state index contributed by atoms with van der Waals surface area (Å²) < 4.78 is 0.166. The Labute approximate surface area is 381 Å². The first-order valence-electron chi connectivity index (χ1n) is 24.3. The molecule has 2 unspecified atom stereocenters. The van der Waals surface area contributed by atoms with Crippen LogP contribution < -0.4 is 0 Å². The van der Waals surface area contributed by atoms with Crippen LogP contribution in [0.15, 0.2) is 132 Å². The minimum atomic E-state index is -5.15. The second-order valence-electron chi connectivity index (χ2n) is 20.6. The van der Waals surface area contributed by atoms with E-state index in [4.69, 9.17) is 0 Å². The second-order valence-corrected chi connectivity index (χ2v) is 63.1. The van der Waals surface area contributed by atoms with Crippen molar-refractivity contribution in [3.05, 3.63) is 155 Å². The predicted molar refractivity (Wildman–Crippen MR) is 272 cm³/mol. The second kappa shape index (κ2) is 16.8. The summed E-state index contributed by atoms with van der Waals surface area (Å²) in [7, 11) is 18.6. The summed E-state index contributed by atoms with van der Waals surface area (Å²) in [5, 5.41) is 5.14. The molecule has 0 nitrogen and oxygen atoms in total. The Morgan fingerprint density at radius 2 is 0.903 bits per heavy atom. The third-order valence-electron chi connectivity index (χ3n) is 17.1. The summed E-state index contributed by atoms with van der Waals surface area (Å²) in [6, 6.07) is 46.0.